The maximum Gasteiger partial charge on any atom is 0.325 e. The molecule has 0 amide bonds. The van der Waals surface area contributed by atoms with Crippen LogP contribution in [0.15, 0.2) is 64.9 Å². The van der Waals surface area contributed by atoms with E-state index in [0.717, 1.165) is 33.0 Å². The highest BCUT2D eigenvalue weighted by molar-refractivity contribution is 7.91. The summed E-state index contributed by atoms with van der Waals surface area (Å²) in [5.74, 6) is -1.61. The zero-order chi connectivity index (χ0) is 22.4. The van der Waals surface area contributed by atoms with Crippen LogP contribution in [0.5, 0.6) is 0 Å². The van der Waals surface area contributed by atoms with Crippen molar-refractivity contribution in [3.8, 4) is 10.4 Å². The summed E-state index contributed by atoms with van der Waals surface area (Å²) in [5, 5.41) is 10.5. The van der Waals surface area contributed by atoms with E-state index in [9.17, 15) is 18.3 Å². The number of carboxylic acid groups (broad SMARTS) is 1. The number of carboxylic acids is 1. The third-order valence-electron chi connectivity index (χ3n) is 5.42. The van der Waals surface area contributed by atoms with E-state index in [0.29, 0.717) is 5.02 Å². The summed E-state index contributed by atoms with van der Waals surface area (Å²) in [4.78, 5) is 14.8. The minimum Gasteiger partial charge on any atom is -0.480 e. The van der Waals surface area contributed by atoms with Gasteiger partial charge < -0.3 is 10.0 Å². The molecular weight excluding hydrogens is 456 g/mol. The van der Waals surface area contributed by atoms with Gasteiger partial charge in [0.15, 0.2) is 0 Å². The quantitative estimate of drug-likeness (QED) is 0.527. The van der Waals surface area contributed by atoms with E-state index in [1.165, 1.54) is 6.07 Å². The second kappa shape index (κ2) is 7.94. The smallest absolute Gasteiger partial charge is 0.325 e. The number of nitrogens with one attached hydrogen (secondary N) is 1. The number of rotatable bonds is 7. The van der Waals surface area contributed by atoms with Gasteiger partial charge in [-0.25, -0.2) is 8.42 Å². The molecule has 1 heterocycles. The van der Waals surface area contributed by atoms with Crippen molar-refractivity contribution < 1.29 is 18.3 Å². The number of thiophene rings is 1. The molecule has 2 N–H and O–H groups in total. The normalized spacial score (nSPS) is 20.4. The van der Waals surface area contributed by atoms with E-state index in [1.54, 1.807) is 18.2 Å². The Kier molecular flexibility index (Phi) is 5.59. The number of benzene rings is 2. The molecule has 1 aliphatic rings. The van der Waals surface area contributed by atoms with Gasteiger partial charge in [-0.2, -0.15) is 4.72 Å². The van der Waals surface area contributed by atoms with Crippen LogP contribution >= 0.6 is 22.9 Å². The highest BCUT2D eigenvalue weighted by Gasteiger charge is 2.63. The number of halogens is 1. The van der Waals surface area contributed by atoms with Crippen LogP contribution in [0.3, 0.4) is 0 Å². The van der Waals surface area contributed by atoms with Crippen molar-refractivity contribution in [2.24, 2.45) is 0 Å². The van der Waals surface area contributed by atoms with Gasteiger partial charge in [0, 0.05) is 35.6 Å². The molecule has 0 saturated heterocycles. The zero-order valence-corrected chi connectivity index (χ0v) is 19.3. The fraction of sp³-hybridized carbons (Fsp3) is 0.227. The number of anilines is 1. The first-order valence-corrected chi connectivity index (χ1v) is 12.2. The molecule has 0 spiro atoms. The first-order valence-electron chi connectivity index (χ1n) is 9.53. The number of aliphatic carboxylic acids is 1. The highest BCUT2D eigenvalue weighted by atomic mass is 35.5. The summed E-state index contributed by atoms with van der Waals surface area (Å²) < 4.78 is 28.7. The van der Waals surface area contributed by atoms with Crippen molar-refractivity contribution in [3.63, 3.8) is 0 Å². The van der Waals surface area contributed by atoms with Gasteiger partial charge in [0.2, 0.25) is 0 Å². The molecule has 31 heavy (non-hydrogen) atoms. The number of carbonyl (C=O) groups is 1. The fourth-order valence-electron chi connectivity index (χ4n) is 3.60. The van der Waals surface area contributed by atoms with Gasteiger partial charge in [-0.05, 0) is 53.9 Å². The molecular formula is C22H21ClN2O4S2. The third-order valence-corrected chi connectivity index (χ3v) is 8.81. The maximum absolute atomic E-state index is 13.0. The minimum atomic E-state index is -4.01. The van der Waals surface area contributed by atoms with Crippen molar-refractivity contribution in [2.45, 2.75) is 22.1 Å². The standard InChI is InChI=1S/C22H21ClN2O4S2/c1-25(2)17-5-3-4-15(12-17)18-13-22(18,21(26)27)24-31(28,29)20-11-10-19(30-20)14-6-8-16(23)9-7-14/h3-12,18,24H,13H2,1-2H3,(H,26,27)/t18-,22-/m0/s1. The lowest BCUT2D eigenvalue weighted by Crippen LogP contribution is -2.44. The summed E-state index contributed by atoms with van der Waals surface area (Å²) in [5.41, 5.74) is 1.02. The predicted molar refractivity (Wildman–Crippen MR) is 124 cm³/mol. The Morgan fingerprint density at radius 1 is 1.16 bits per heavy atom. The average Bonchev–Trinajstić information content (AvgIpc) is 3.22. The lowest BCUT2D eigenvalue weighted by atomic mass is 10.1. The van der Waals surface area contributed by atoms with E-state index in [2.05, 4.69) is 4.72 Å². The first kappa shape index (κ1) is 21.8. The Balaban J connectivity index is 1.60. The molecule has 1 aliphatic carbocycles. The number of hydrogen-bond donors (Lipinski definition) is 2. The van der Waals surface area contributed by atoms with E-state index in [1.807, 2.05) is 55.4 Å². The second-order valence-electron chi connectivity index (χ2n) is 7.75. The second-order valence-corrected chi connectivity index (χ2v) is 11.2. The van der Waals surface area contributed by atoms with Crippen molar-refractivity contribution in [1.29, 1.82) is 0 Å². The molecule has 0 unspecified atom stereocenters. The van der Waals surface area contributed by atoms with Crippen LogP contribution in [0.4, 0.5) is 5.69 Å². The van der Waals surface area contributed by atoms with E-state index in [-0.39, 0.29) is 10.6 Å². The van der Waals surface area contributed by atoms with Crippen LogP contribution < -0.4 is 9.62 Å². The molecule has 1 saturated carbocycles. The summed E-state index contributed by atoms with van der Waals surface area (Å²) >= 11 is 7.01. The molecule has 0 radical (unpaired) electrons. The van der Waals surface area contributed by atoms with Crippen LogP contribution in [0, 0.1) is 0 Å². The van der Waals surface area contributed by atoms with Crippen molar-refractivity contribution in [1.82, 2.24) is 4.72 Å². The SMILES string of the molecule is CN(C)c1cccc([C@@H]2C[C@@]2(NS(=O)(=O)c2ccc(-c3ccc(Cl)cc3)s2)C(=O)O)c1. The molecule has 9 heteroatoms. The molecule has 6 nitrogen and oxygen atoms in total. The van der Waals surface area contributed by atoms with Crippen molar-refractivity contribution >= 4 is 44.6 Å². The van der Waals surface area contributed by atoms with Crippen molar-refractivity contribution in [3.05, 3.63) is 71.2 Å². The van der Waals surface area contributed by atoms with Gasteiger partial charge in [0.1, 0.15) is 9.75 Å². The first-order chi connectivity index (χ1) is 14.6. The van der Waals surface area contributed by atoms with Crippen LogP contribution in [0.2, 0.25) is 5.02 Å². The largest absolute Gasteiger partial charge is 0.480 e. The van der Waals surface area contributed by atoms with Gasteiger partial charge in [-0.1, -0.05) is 35.9 Å². The average molecular weight is 477 g/mol. The van der Waals surface area contributed by atoms with Gasteiger partial charge >= 0.3 is 5.97 Å². The van der Waals surface area contributed by atoms with Gasteiger partial charge in [0.25, 0.3) is 10.0 Å². The highest BCUT2D eigenvalue weighted by Crippen LogP contribution is 2.53. The molecule has 0 aliphatic heterocycles. The van der Waals surface area contributed by atoms with E-state index < -0.39 is 27.4 Å². The number of nitrogens with zero attached hydrogens (tertiary/aromatic N) is 1. The van der Waals surface area contributed by atoms with Crippen LogP contribution in [-0.2, 0) is 14.8 Å². The minimum absolute atomic E-state index is 0.0748. The monoisotopic (exact) mass is 476 g/mol. The molecule has 0 bridgehead atoms. The molecule has 4 rings (SSSR count). The van der Waals surface area contributed by atoms with E-state index in [4.69, 9.17) is 11.6 Å². The van der Waals surface area contributed by atoms with E-state index >= 15 is 0 Å². The molecule has 1 fully saturated rings. The Morgan fingerprint density at radius 3 is 2.52 bits per heavy atom. The van der Waals surface area contributed by atoms with Crippen LogP contribution in [-0.4, -0.2) is 39.1 Å². The number of hydrogen-bond acceptors (Lipinski definition) is 5. The predicted octanol–water partition coefficient (Wildman–Crippen LogP) is 4.42. The molecule has 162 valence electrons. The Labute approximate surface area is 190 Å². The molecule has 1 aromatic heterocycles. The molecule has 3 aromatic rings. The Hall–Kier alpha value is -2.39. The summed E-state index contributed by atoms with van der Waals surface area (Å²) in [6.45, 7) is 0. The number of sulfonamides is 1. The topological polar surface area (TPSA) is 86.7 Å². The Morgan fingerprint density at radius 2 is 1.87 bits per heavy atom. The lowest BCUT2D eigenvalue weighted by molar-refractivity contribution is -0.140. The molecule has 2 aromatic carbocycles. The zero-order valence-electron chi connectivity index (χ0n) is 16.9. The van der Waals surface area contributed by atoms with Gasteiger partial charge in [-0.15, -0.1) is 11.3 Å². The van der Waals surface area contributed by atoms with Gasteiger partial charge in [0.05, 0.1) is 0 Å². The van der Waals surface area contributed by atoms with Crippen LogP contribution in [0.25, 0.3) is 10.4 Å². The fourth-order valence-corrected chi connectivity index (χ4v) is 6.44. The van der Waals surface area contributed by atoms with Gasteiger partial charge in [-0.3, -0.25) is 4.79 Å². The third kappa shape index (κ3) is 4.21. The Bertz CT molecular complexity index is 1240. The van der Waals surface area contributed by atoms with Crippen LogP contribution in [0.1, 0.15) is 17.9 Å². The molecule has 2 atom stereocenters. The maximum atomic E-state index is 13.0. The lowest BCUT2D eigenvalue weighted by Gasteiger charge is -2.17. The summed E-state index contributed by atoms with van der Waals surface area (Å²) in [6, 6.07) is 17.8. The summed E-state index contributed by atoms with van der Waals surface area (Å²) in [7, 11) is -0.218. The summed E-state index contributed by atoms with van der Waals surface area (Å²) in [6.07, 6.45) is 0.202. The van der Waals surface area contributed by atoms with Crippen molar-refractivity contribution in [2.75, 3.05) is 19.0 Å².